The third kappa shape index (κ3) is 38.8. The first kappa shape index (κ1) is 44.6. The van der Waals surface area contributed by atoms with Crippen LogP contribution in [-0.4, -0.2) is 130 Å². The molecule has 0 radical (unpaired) electrons. The molecule has 0 atom stereocenters. The van der Waals surface area contributed by atoms with Crippen molar-refractivity contribution in [2.24, 2.45) is 0 Å². The Morgan fingerprint density at radius 1 is 0.413 bits per heavy atom. The van der Waals surface area contributed by atoms with Gasteiger partial charge < -0.3 is 47.4 Å². The highest BCUT2D eigenvalue weighted by Crippen LogP contribution is 2.11. The summed E-state index contributed by atoms with van der Waals surface area (Å²) < 4.78 is 53.7. The molecule has 0 aliphatic carbocycles. The maximum absolute atomic E-state index is 11.8. The van der Waals surface area contributed by atoms with E-state index in [1.807, 2.05) is 20.8 Å². The molecule has 0 aliphatic rings. The molecule has 0 aromatic carbocycles. The summed E-state index contributed by atoms with van der Waals surface area (Å²) >= 11 is 0. The summed E-state index contributed by atoms with van der Waals surface area (Å²) in [5.74, 6) is -0.527. The van der Waals surface area contributed by atoms with Crippen molar-refractivity contribution in [1.82, 2.24) is 0 Å². The largest absolute Gasteiger partial charge is 0.463 e. The summed E-state index contributed by atoms with van der Waals surface area (Å²) in [6.07, 6.45) is 11.6. The molecule has 12 nitrogen and oxygen atoms in total. The molecule has 0 aromatic rings. The number of carbonyl (C=O) groups is 2. The molecule has 0 unspecified atom stereocenters. The molecule has 0 rings (SSSR count). The van der Waals surface area contributed by atoms with Crippen LogP contribution in [-0.2, 0) is 57.0 Å². The fourth-order valence-electron chi connectivity index (χ4n) is 3.93. The van der Waals surface area contributed by atoms with Gasteiger partial charge in [0.2, 0.25) is 0 Å². The van der Waals surface area contributed by atoms with Gasteiger partial charge in [-0.3, -0.25) is 4.79 Å². The Balaban J connectivity index is 3.16. The zero-order chi connectivity index (χ0) is 33.8. The van der Waals surface area contributed by atoms with Gasteiger partial charge in [-0.1, -0.05) is 58.3 Å². The van der Waals surface area contributed by atoms with Crippen LogP contribution >= 0.6 is 0 Å². The Morgan fingerprint density at radius 3 is 1.11 bits per heavy atom. The second kappa shape index (κ2) is 34.9. The molecule has 0 amide bonds. The molecule has 0 aliphatic heterocycles. The van der Waals surface area contributed by atoms with E-state index < -0.39 is 5.60 Å². The molecule has 0 heterocycles. The van der Waals surface area contributed by atoms with Gasteiger partial charge in [0.05, 0.1) is 99.1 Å². The van der Waals surface area contributed by atoms with E-state index in [1.54, 1.807) is 0 Å². The van der Waals surface area contributed by atoms with Crippen molar-refractivity contribution in [2.45, 2.75) is 97.5 Å². The molecule has 274 valence electrons. The van der Waals surface area contributed by atoms with Crippen LogP contribution in [0.4, 0.5) is 0 Å². The van der Waals surface area contributed by atoms with E-state index in [0.717, 1.165) is 12.8 Å². The molecular weight excluding hydrogens is 600 g/mol. The van der Waals surface area contributed by atoms with Crippen molar-refractivity contribution >= 4 is 11.9 Å². The molecule has 0 saturated heterocycles. The predicted molar refractivity (Wildman–Crippen MR) is 175 cm³/mol. The van der Waals surface area contributed by atoms with Crippen LogP contribution < -0.4 is 0 Å². The van der Waals surface area contributed by atoms with Crippen LogP contribution in [0.15, 0.2) is 0 Å². The monoisotopic (exact) mass is 666 g/mol. The summed E-state index contributed by atoms with van der Waals surface area (Å²) in [6.45, 7) is 14.6. The van der Waals surface area contributed by atoms with E-state index in [9.17, 15) is 9.59 Å². The van der Waals surface area contributed by atoms with Gasteiger partial charge in [-0.15, -0.1) is 0 Å². The molecule has 0 saturated carbocycles. The van der Waals surface area contributed by atoms with Gasteiger partial charge in [-0.25, -0.2) is 4.79 Å². The molecule has 0 fully saturated rings. The number of unbranched alkanes of at least 4 members (excludes halogenated alkanes) is 8. The first-order valence-electron chi connectivity index (χ1n) is 17.3. The Labute approximate surface area is 278 Å². The van der Waals surface area contributed by atoms with Crippen molar-refractivity contribution < 1.29 is 57.0 Å². The van der Waals surface area contributed by atoms with Gasteiger partial charge in [-0.2, -0.15) is 0 Å². The fraction of sp³-hybridized carbons (Fsp3) is 0.941. The zero-order valence-electron chi connectivity index (χ0n) is 29.5. The van der Waals surface area contributed by atoms with Crippen LogP contribution in [0, 0.1) is 0 Å². The molecular formula is C34H66O12. The third-order valence-electron chi connectivity index (χ3n) is 6.22. The lowest BCUT2D eigenvalue weighted by Gasteiger charge is -2.19. The average Bonchev–Trinajstić information content (AvgIpc) is 3.01. The van der Waals surface area contributed by atoms with E-state index in [2.05, 4.69) is 6.92 Å². The maximum Gasteiger partial charge on any atom is 0.332 e. The van der Waals surface area contributed by atoms with Crippen molar-refractivity contribution in [1.29, 1.82) is 0 Å². The fourth-order valence-corrected chi connectivity index (χ4v) is 3.93. The minimum Gasteiger partial charge on any atom is -0.463 e. The van der Waals surface area contributed by atoms with Gasteiger partial charge in [0, 0.05) is 6.42 Å². The standard InChI is InChI=1S/C34H66O12/c1-5-6-7-8-9-10-11-12-13-14-32(35)45-30-29-43-26-25-41-22-21-39-18-17-37-15-16-38-19-20-40-23-24-42-27-28-44-31-33(36)46-34(2,3)4/h5-31H2,1-4H3. The molecule has 46 heavy (non-hydrogen) atoms. The molecule has 0 N–H and O–H groups in total. The number of rotatable bonds is 36. The lowest BCUT2D eigenvalue weighted by atomic mass is 10.1. The molecule has 12 heteroatoms. The lowest BCUT2D eigenvalue weighted by molar-refractivity contribution is -0.160. The first-order chi connectivity index (χ1) is 22.3. The SMILES string of the molecule is CCCCCCCCCCCC(=O)OCCOCCOCCOCCOCCOCCOCCOCCOCC(=O)OC(C)(C)C. The minimum absolute atomic E-state index is 0.0836. The average molecular weight is 667 g/mol. The van der Waals surface area contributed by atoms with Crippen molar-refractivity contribution in [3.8, 4) is 0 Å². The van der Waals surface area contributed by atoms with Crippen molar-refractivity contribution in [3.63, 3.8) is 0 Å². The van der Waals surface area contributed by atoms with E-state index in [-0.39, 0.29) is 25.2 Å². The second-order valence-electron chi connectivity index (χ2n) is 11.7. The minimum atomic E-state index is -0.511. The summed E-state index contributed by atoms with van der Waals surface area (Å²) in [5.41, 5.74) is -0.511. The smallest absolute Gasteiger partial charge is 0.332 e. The van der Waals surface area contributed by atoms with Gasteiger partial charge in [-0.05, 0) is 27.2 Å². The predicted octanol–water partition coefficient (Wildman–Crippen LogP) is 4.93. The molecule has 0 aromatic heterocycles. The van der Waals surface area contributed by atoms with Gasteiger partial charge in [0.25, 0.3) is 0 Å². The quantitative estimate of drug-likeness (QED) is 0.0665. The molecule has 0 spiro atoms. The summed E-state index contributed by atoms with van der Waals surface area (Å²) in [5, 5.41) is 0. The highest BCUT2D eigenvalue weighted by molar-refractivity contribution is 5.71. The highest BCUT2D eigenvalue weighted by Gasteiger charge is 2.15. The number of hydrogen-bond donors (Lipinski definition) is 0. The van der Waals surface area contributed by atoms with E-state index >= 15 is 0 Å². The Morgan fingerprint density at radius 2 is 0.739 bits per heavy atom. The Bertz CT molecular complexity index is 657. The van der Waals surface area contributed by atoms with Crippen LogP contribution in [0.3, 0.4) is 0 Å². The highest BCUT2D eigenvalue weighted by atomic mass is 16.6. The topological polar surface area (TPSA) is 126 Å². The normalized spacial score (nSPS) is 11.7. The number of carbonyl (C=O) groups excluding carboxylic acids is 2. The Kier molecular flexibility index (Phi) is 33.9. The molecule has 0 bridgehead atoms. The van der Waals surface area contributed by atoms with Gasteiger partial charge >= 0.3 is 11.9 Å². The van der Waals surface area contributed by atoms with Crippen LogP contribution in [0.1, 0.15) is 91.9 Å². The zero-order valence-corrected chi connectivity index (χ0v) is 29.5. The van der Waals surface area contributed by atoms with Gasteiger partial charge in [0.15, 0.2) is 0 Å². The second-order valence-corrected chi connectivity index (χ2v) is 11.7. The first-order valence-corrected chi connectivity index (χ1v) is 17.3. The van der Waals surface area contributed by atoms with Crippen LogP contribution in [0.5, 0.6) is 0 Å². The lowest BCUT2D eigenvalue weighted by Crippen LogP contribution is -2.27. The van der Waals surface area contributed by atoms with E-state index in [4.69, 9.17) is 47.4 Å². The maximum atomic E-state index is 11.8. The van der Waals surface area contributed by atoms with Crippen molar-refractivity contribution in [2.75, 3.05) is 112 Å². The van der Waals surface area contributed by atoms with Crippen LogP contribution in [0.2, 0.25) is 0 Å². The van der Waals surface area contributed by atoms with E-state index in [1.165, 1.54) is 44.9 Å². The number of hydrogen-bond acceptors (Lipinski definition) is 12. The summed E-state index contributed by atoms with van der Waals surface area (Å²) in [7, 11) is 0. The number of esters is 2. The third-order valence-corrected chi connectivity index (χ3v) is 6.22. The van der Waals surface area contributed by atoms with Crippen LogP contribution in [0.25, 0.3) is 0 Å². The summed E-state index contributed by atoms with van der Waals surface area (Å²) in [4.78, 5) is 23.3. The van der Waals surface area contributed by atoms with E-state index in [0.29, 0.717) is 106 Å². The van der Waals surface area contributed by atoms with Crippen molar-refractivity contribution in [3.05, 3.63) is 0 Å². The van der Waals surface area contributed by atoms with Gasteiger partial charge in [0.1, 0.15) is 18.8 Å². The summed E-state index contributed by atoms with van der Waals surface area (Å²) in [6, 6.07) is 0. The number of ether oxygens (including phenoxy) is 10. The Hall–Kier alpha value is -1.38.